The Hall–Kier alpha value is -1.63. The fourth-order valence-electron chi connectivity index (χ4n) is 6.30. The lowest BCUT2D eigenvalue weighted by Crippen LogP contribution is -2.54. The summed E-state index contributed by atoms with van der Waals surface area (Å²) in [6, 6.07) is -0.432. The molecule has 2 N–H and O–H groups in total. The maximum absolute atomic E-state index is 13.0. The van der Waals surface area contributed by atoms with E-state index < -0.39 is 0 Å². The number of aryl methyl sites for hydroxylation is 1. The molecule has 0 aliphatic heterocycles. The number of rotatable bonds is 7. The van der Waals surface area contributed by atoms with Crippen molar-refractivity contribution in [3.63, 3.8) is 0 Å². The van der Waals surface area contributed by atoms with Crippen LogP contribution in [0.1, 0.15) is 69.6 Å². The number of aliphatic hydroxyl groups is 1. The van der Waals surface area contributed by atoms with Crippen LogP contribution in [0.3, 0.4) is 0 Å². The normalized spacial score (nSPS) is 32.5. The molecule has 0 radical (unpaired) electrons. The Labute approximate surface area is 160 Å². The van der Waals surface area contributed by atoms with E-state index >= 15 is 0 Å². The van der Waals surface area contributed by atoms with Gasteiger partial charge in [0, 0.05) is 13.1 Å². The number of nitrogens with zero attached hydrogens (tertiary/aromatic N) is 3. The predicted octanol–water partition coefficient (Wildman–Crippen LogP) is 3.05. The molecule has 0 saturated heterocycles. The number of hydrogen-bond donors (Lipinski definition) is 2. The highest BCUT2D eigenvalue weighted by Gasteiger charge is 2.51. The first kappa shape index (κ1) is 18.7. The van der Waals surface area contributed by atoms with Crippen LogP contribution < -0.4 is 5.32 Å². The number of aliphatic hydroxyl groups excluding tert-OH is 1. The van der Waals surface area contributed by atoms with Gasteiger partial charge in [-0.05, 0) is 75.0 Å². The molecular formula is C20H32N4O3. The van der Waals surface area contributed by atoms with E-state index in [-0.39, 0.29) is 24.1 Å². The van der Waals surface area contributed by atoms with Crippen LogP contribution in [0, 0.1) is 30.1 Å². The van der Waals surface area contributed by atoms with E-state index in [1.807, 2.05) is 11.8 Å². The largest absolute Gasteiger partial charge is 0.395 e. The molecule has 150 valence electrons. The molecule has 0 spiro atoms. The summed E-state index contributed by atoms with van der Waals surface area (Å²) in [4.78, 5) is 19.1. The van der Waals surface area contributed by atoms with Gasteiger partial charge in [-0.25, -0.2) is 4.79 Å². The summed E-state index contributed by atoms with van der Waals surface area (Å²) >= 11 is 0. The van der Waals surface area contributed by atoms with Gasteiger partial charge in [0.1, 0.15) is 6.04 Å². The minimum Gasteiger partial charge on any atom is -0.395 e. The van der Waals surface area contributed by atoms with Gasteiger partial charge >= 0.3 is 6.03 Å². The van der Waals surface area contributed by atoms with Gasteiger partial charge in [-0.2, -0.15) is 4.98 Å². The number of carbonyl (C=O) groups is 1. The van der Waals surface area contributed by atoms with Gasteiger partial charge in [-0.1, -0.05) is 12.1 Å². The lowest BCUT2D eigenvalue weighted by atomic mass is 9.49. The van der Waals surface area contributed by atoms with Crippen LogP contribution in [-0.2, 0) is 0 Å². The number of urea groups is 1. The third kappa shape index (κ3) is 3.84. The molecule has 4 fully saturated rings. The van der Waals surface area contributed by atoms with Crippen LogP contribution in [0.15, 0.2) is 4.52 Å². The predicted molar refractivity (Wildman–Crippen MR) is 99.9 cm³/mol. The van der Waals surface area contributed by atoms with Gasteiger partial charge in [0.15, 0.2) is 5.82 Å². The van der Waals surface area contributed by atoms with Crippen molar-refractivity contribution >= 4 is 6.03 Å². The van der Waals surface area contributed by atoms with E-state index in [0.717, 1.165) is 24.3 Å². The zero-order chi connectivity index (χ0) is 19.0. The van der Waals surface area contributed by atoms with Crippen LogP contribution in [0.2, 0.25) is 0 Å². The Kier molecular flexibility index (Phi) is 5.14. The maximum Gasteiger partial charge on any atom is 0.318 e. The molecule has 1 aromatic rings. The molecule has 1 heterocycles. The van der Waals surface area contributed by atoms with Crippen LogP contribution in [0.4, 0.5) is 4.79 Å². The Morgan fingerprint density at radius 3 is 2.41 bits per heavy atom. The minimum atomic E-state index is -0.295. The molecule has 27 heavy (non-hydrogen) atoms. The molecule has 4 saturated carbocycles. The zero-order valence-electron chi connectivity index (χ0n) is 16.5. The summed E-state index contributed by atoms with van der Waals surface area (Å²) in [7, 11) is 0. The molecule has 1 atom stereocenters. The highest BCUT2D eigenvalue weighted by atomic mass is 16.5. The molecule has 7 heteroatoms. The smallest absolute Gasteiger partial charge is 0.318 e. The number of carbonyl (C=O) groups excluding carboxylic acids is 1. The Bertz CT molecular complexity index is 639. The fraction of sp³-hybridized carbons (Fsp3) is 0.850. The van der Waals surface area contributed by atoms with Gasteiger partial charge in [0.05, 0.1) is 6.61 Å². The number of amides is 2. The number of hydrogen-bond acceptors (Lipinski definition) is 5. The lowest BCUT2D eigenvalue weighted by Gasteiger charge is -2.57. The Morgan fingerprint density at radius 1 is 1.30 bits per heavy atom. The second kappa shape index (κ2) is 7.41. The van der Waals surface area contributed by atoms with Crippen LogP contribution in [0.25, 0.3) is 0 Å². The minimum absolute atomic E-state index is 0.0176. The first-order valence-electron chi connectivity index (χ1n) is 10.5. The van der Waals surface area contributed by atoms with Crippen molar-refractivity contribution in [3.05, 3.63) is 11.7 Å². The van der Waals surface area contributed by atoms with Crippen LogP contribution >= 0.6 is 0 Å². The second-order valence-electron chi connectivity index (χ2n) is 9.15. The van der Waals surface area contributed by atoms with Crippen LogP contribution in [-0.4, -0.2) is 45.9 Å². The summed E-state index contributed by atoms with van der Waals surface area (Å²) in [6.07, 6.45) is 8.58. The molecule has 4 bridgehead atoms. The molecule has 4 aliphatic rings. The zero-order valence-corrected chi connectivity index (χ0v) is 16.5. The molecule has 0 unspecified atom stereocenters. The average molecular weight is 377 g/mol. The van der Waals surface area contributed by atoms with Crippen molar-refractivity contribution in [2.75, 3.05) is 19.7 Å². The van der Waals surface area contributed by atoms with E-state index in [9.17, 15) is 9.90 Å². The summed E-state index contributed by atoms with van der Waals surface area (Å²) in [5.74, 6) is 3.56. The molecule has 0 aromatic carbocycles. The molecule has 2 amide bonds. The maximum atomic E-state index is 13.0. The third-order valence-electron chi connectivity index (χ3n) is 6.90. The molecule has 7 nitrogen and oxygen atoms in total. The summed E-state index contributed by atoms with van der Waals surface area (Å²) in [5.41, 5.74) is 0.254. The summed E-state index contributed by atoms with van der Waals surface area (Å²) in [6.45, 7) is 4.86. The van der Waals surface area contributed by atoms with Crippen LogP contribution in [0.5, 0.6) is 0 Å². The third-order valence-corrected chi connectivity index (χ3v) is 6.90. The highest BCUT2D eigenvalue weighted by molar-refractivity contribution is 5.74. The Morgan fingerprint density at radius 2 is 1.93 bits per heavy atom. The standard InChI is InChI=1S/C20H32N4O3/c1-3-17(18-21-13(2)23-27-18)22-19(26)24(4-5-25)12-20-9-14-6-15(10-20)8-16(7-14)11-20/h14-17,25H,3-12H2,1-2H3,(H,22,26)/t14?,15?,16?,17-,20?/m1/s1. The molecular weight excluding hydrogens is 344 g/mol. The SMILES string of the molecule is CC[C@@H](NC(=O)N(CCO)CC12CC3CC(CC(C3)C1)C2)c1nc(C)no1. The van der Waals surface area contributed by atoms with Gasteiger partial charge in [0.25, 0.3) is 0 Å². The van der Waals surface area contributed by atoms with Crippen molar-refractivity contribution in [1.29, 1.82) is 0 Å². The van der Waals surface area contributed by atoms with Crippen molar-refractivity contribution in [2.24, 2.45) is 23.2 Å². The quantitative estimate of drug-likeness (QED) is 0.763. The van der Waals surface area contributed by atoms with Gasteiger partial charge in [-0.15, -0.1) is 0 Å². The highest BCUT2D eigenvalue weighted by Crippen LogP contribution is 2.60. The van der Waals surface area contributed by atoms with Gasteiger partial charge in [-0.3, -0.25) is 0 Å². The number of nitrogens with one attached hydrogen (secondary N) is 1. The van der Waals surface area contributed by atoms with E-state index in [4.69, 9.17) is 4.52 Å². The van der Waals surface area contributed by atoms with Crippen molar-refractivity contribution < 1.29 is 14.4 Å². The topological polar surface area (TPSA) is 91.5 Å². The summed E-state index contributed by atoms with van der Waals surface area (Å²) in [5, 5.41) is 16.4. The number of aromatic nitrogens is 2. The van der Waals surface area contributed by atoms with Crippen molar-refractivity contribution in [1.82, 2.24) is 20.4 Å². The van der Waals surface area contributed by atoms with E-state index in [1.54, 1.807) is 6.92 Å². The first-order valence-corrected chi connectivity index (χ1v) is 10.5. The molecule has 5 rings (SSSR count). The van der Waals surface area contributed by atoms with E-state index in [1.165, 1.54) is 38.5 Å². The summed E-state index contributed by atoms with van der Waals surface area (Å²) < 4.78 is 5.25. The molecule has 1 aromatic heterocycles. The van der Waals surface area contributed by atoms with Crippen molar-refractivity contribution in [2.45, 2.75) is 64.8 Å². The fourth-order valence-corrected chi connectivity index (χ4v) is 6.30. The van der Waals surface area contributed by atoms with E-state index in [0.29, 0.717) is 24.7 Å². The van der Waals surface area contributed by atoms with Gasteiger partial charge in [0.2, 0.25) is 5.89 Å². The monoisotopic (exact) mass is 376 g/mol. The van der Waals surface area contributed by atoms with Gasteiger partial charge < -0.3 is 19.8 Å². The lowest BCUT2D eigenvalue weighted by molar-refractivity contribution is -0.0648. The first-order chi connectivity index (χ1) is 13.0. The second-order valence-corrected chi connectivity index (χ2v) is 9.15. The van der Waals surface area contributed by atoms with Crippen molar-refractivity contribution in [3.8, 4) is 0 Å². The molecule has 4 aliphatic carbocycles. The Balaban J connectivity index is 1.45. The average Bonchev–Trinajstić information content (AvgIpc) is 3.04. The van der Waals surface area contributed by atoms with E-state index in [2.05, 4.69) is 15.5 Å².